The number of aryl methyl sites for hydroxylation is 1. The molecule has 0 spiro atoms. The first-order chi connectivity index (χ1) is 7.45. The van der Waals surface area contributed by atoms with Crippen LogP contribution in [0.4, 0.5) is 0 Å². The van der Waals surface area contributed by atoms with Crippen molar-refractivity contribution in [1.29, 1.82) is 0 Å². The Morgan fingerprint density at radius 2 is 1.88 bits per heavy atom. The minimum atomic E-state index is -0.337. The molecule has 1 nitrogen and oxygen atoms in total. The van der Waals surface area contributed by atoms with Gasteiger partial charge in [0, 0.05) is 0 Å². The first kappa shape index (κ1) is 11.1. The highest BCUT2D eigenvalue weighted by Crippen LogP contribution is 2.42. The van der Waals surface area contributed by atoms with Crippen LogP contribution in [0.15, 0.2) is 30.4 Å². The number of carbonyl (C=O) groups is 1. The summed E-state index contributed by atoms with van der Waals surface area (Å²) < 4.78 is 0. The SMILES string of the molecule is C=C(C)C1(C(C)=O)Cc2ccc(C)cc2C1. The number of ketones is 1. The Hall–Kier alpha value is -1.37. The van der Waals surface area contributed by atoms with Crippen molar-refractivity contribution in [1.82, 2.24) is 0 Å². The molecule has 0 aromatic heterocycles. The van der Waals surface area contributed by atoms with Crippen molar-refractivity contribution in [2.45, 2.75) is 33.6 Å². The van der Waals surface area contributed by atoms with E-state index in [0.717, 1.165) is 18.4 Å². The lowest BCUT2D eigenvalue weighted by Crippen LogP contribution is -2.30. The number of hydrogen-bond acceptors (Lipinski definition) is 1. The lowest BCUT2D eigenvalue weighted by Gasteiger charge is -2.26. The summed E-state index contributed by atoms with van der Waals surface area (Å²) in [6, 6.07) is 6.47. The van der Waals surface area contributed by atoms with E-state index < -0.39 is 0 Å². The van der Waals surface area contributed by atoms with Crippen LogP contribution in [0.2, 0.25) is 0 Å². The summed E-state index contributed by atoms with van der Waals surface area (Å²) in [5.74, 6) is 0.244. The number of allylic oxidation sites excluding steroid dienone is 1. The minimum Gasteiger partial charge on any atom is -0.299 e. The maximum atomic E-state index is 11.9. The first-order valence-corrected chi connectivity index (χ1v) is 5.71. The van der Waals surface area contributed by atoms with Crippen LogP contribution in [0, 0.1) is 12.3 Å². The number of rotatable bonds is 2. The number of benzene rings is 1. The van der Waals surface area contributed by atoms with Gasteiger partial charge in [0.1, 0.15) is 5.78 Å². The van der Waals surface area contributed by atoms with Crippen molar-refractivity contribution >= 4 is 5.78 Å². The summed E-state index contributed by atoms with van der Waals surface area (Å²) in [6.07, 6.45) is 1.65. The van der Waals surface area contributed by atoms with E-state index in [1.54, 1.807) is 6.92 Å². The van der Waals surface area contributed by atoms with E-state index in [1.165, 1.54) is 16.7 Å². The maximum absolute atomic E-state index is 11.9. The van der Waals surface area contributed by atoms with E-state index in [2.05, 4.69) is 31.7 Å². The van der Waals surface area contributed by atoms with E-state index in [9.17, 15) is 4.79 Å². The summed E-state index contributed by atoms with van der Waals surface area (Å²) in [5.41, 5.74) is 4.55. The molecule has 0 heterocycles. The summed E-state index contributed by atoms with van der Waals surface area (Å²) in [4.78, 5) is 11.9. The second kappa shape index (κ2) is 3.58. The van der Waals surface area contributed by atoms with Crippen LogP contribution < -0.4 is 0 Å². The molecule has 0 bridgehead atoms. The fourth-order valence-corrected chi connectivity index (χ4v) is 2.66. The van der Waals surface area contributed by atoms with Gasteiger partial charge in [-0.3, -0.25) is 4.79 Å². The molecule has 2 rings (SSSR count). The smallest absolute Gasteiger partial charge is 0.140 e. The topological polar surface area (TPSA) is 17.1 Å². The van der Waals surface area contributed by atoms with E-state index in [-0.39, 0.29) is 11.2 Å². The Morgan fingerprint density at radius 3 is 2.44 bits per heavy atom. The molecule has 1 unspecified atom stereocenters. The third-order valence-corrected chi connectivity index (χ3v) is 3.84. The summed E-state index contributed by atoms with van der Waals surface area (Å²) in [6.45, 7) is 9.77. The molecule has 0 saturated heterocycles. The number of Topliss-reactive ketones (excluding diaryl/α,β-unsaturated/α-hetero) is 1. The molecule has 1 aromatic carbocycles. The second-order valence-electron chi connectivity index (χ2n) is 5.04. The highest BCUT2D eigenvalue weighted by atomic mass is 16.1. The van der Waals surface area contributed by atoms with Gasteiger partial charge in [0.2, 0.25) is 0 Å². The van der Waals surface area contributed by atoms with Gasteiger partial charge >= 0.3 is 0 Å². The minimum absolute atomic E-state index is 0.244. The van der Waals surface area contributed by atoms with Gasteiger partial charge in [0.05, 0.1) is 5.41 Å². The molecule has 0 saturated carbocycles. The quantitative estimate of drug-likeness (QED) is 0.691. The Balaban J connectivity index is 2.46. The zero-order chi connectivity index (χ0) is 11.9. The summed E-state index contributed by atoms with van der Waals surface area (Å²) >= 11 is 0. The fraction of sp³-hybridized carbons (Fsp3) is 0.400. The number of carbonyl (C=O) groups excluding carboxylic acids is 1. The summed E-state index contributed by atoms with van der Waals surface area (Å²) in [5, 5.41) is 0. The van der Waals surface area contributed by atoms with Gasteiger partial charge < -0.3 is 0 Å². The van der Waals surface area contributed by atoms with E-state index in [1.807, 2.05) is 6.92 Å². The summed E-state index contributed by atoms with van der Waals surface area (Å²) in [7, 11) is 0. The predicted molar refractivity (Wildman–Crippen MR) is 66.5 cm³/mol. The molecular weight excluding hydrogens is 196 g/mol. The van der Waals surface area contributed by atoms with Crippen molar-refractivity contribution in [3.05, 3.63) is 47.0 Å². The average molecular weight is 214 g/mol. The lowest BCUT2D eigenvalue weighted by atomic mass is 9.75. The molecule has 0 N–H and O–H groups in total. The van der Waals surface area contributed by atoms with E-state index >= 15 is 0 Å². The van der Waals surface area contributed by atoms with Crippen LogP contribution in [-0.4, -0.2) is 5.78 Å². The molecule has 1 heteroatoms. The van der Waals surface area contributed by atoms with Gasteiger partial charge in [-0.15, -0.1) is 0 Å². The molecule has 1 aliphatic rings. The van der Waals surface area contributed by atoms with E-state index in [4.69, 9.17) is 0 Å². The zero-order valence-corrected chi connectivity index (χ0v) is 10.3. The predicted octanol–water partition coefficient (Wildman–Crippen LogP) is 3.25. The molecule has 1 aromatic rings. The monoisotopic (exact) mass is 214 g/mol. The van der Waals surface area contributed by atoms with Crippen LogP contribution >= 0.6 is 0 Å². The van der Waals surface area contributed by atoms with Gasteiger partial charge in [0.25, 0.3) is 0 Å². The van der Waals surface area contributed by atoms with Crippen LogP contribution in [0.1, 0.15) is 30.5 Å². The molecule has 0 aliphatic heterocycles. The normalized spacial score (nSPS) is 22.9. The first-order valence-electron chi connectivity index (χ1n) is 5.71. The molecule has 1 atom stereocenters. The number of hydrogen-bond donors (Lipinski definition) is 0. The van der Waals surface area contributed by atoms with Crippen LogP contribution in [-0.2, 0) is 17.6 Å². The Kier molecular flexibility index (Phi) is 2.49. The van der Waals surface area contributed by atoms with Gasteiger partial charge in [-0.25, -0.2) is 0 Å². The third-order valence-electron chi connectivity index (χ3n) is 3.84. The van der Waals surface area contributed by atoms with E-state index in [0.29, 0.717) is 0 Å². The van der Waals surface area contributed by atoms with Crippen molar-refractivity contribution in [3.63, 3.8) is 0 Å². The average Bonchev–Trinajstić information content (AvgIpc) is 2.57. The fourth-order valence-electron chi connectivity index (χ4n) is 2.66. The highest BCUT2D eigenvalue weighted by Gasteiger charge is 2.41. The molecule has 16 heavy (non-hydrogen) atoms. The van der Waals surface area contributed by atoms with Crippen LogP contribution in [0.25, 0.3) is 0 Å². The zero-order valence-electron chi connectivity index (χ0n) is 10.3. The molecule has 0 amide bonds. The van der Waals surface area contributed by atoms with Gasteiger partial charge in [-0.05, 0) is 44.7 Å². The van der Waals surface area contributed by atoms with Crippen molar-refractivity contribution < 1.29 is 4.79 Å². The molecular formula is C15H18O. The van der Waals surface area contributed by atoms with Crippen molar-refractivity contribution in [2.24, 2.45) is 5.41 Å². The standard InChI is InChI=1S/C15H18O/c1-10(2)15(12(4)16)8-13-6-5-11(3)7-14(13)9-15/h5-7H,1,8-9H2,2-4H3. The Bertz CT molecular complexity index is 454. The van der Waals surface area contributed by atoms with Gasteiger partial charge in [-0.1, -0.05) is 35.9 Å². The molecule has 0 radical (unpaired) electrons. The molecule has 84 valence electrons. The largest absolute Gasteiger partial charge is 0.299 e. The lowest BCUT2D eigenvalue weighted by molar-refractivity contribution is -0.124. The maximum Gasteiger partial charge on any atom is 0.140 e. The van der Waals surface area contributed by atoms with Crippen molar-refractivity contribution in [2.75, 3.05) is 0 Å². The second-order valence-corrected chi connectivity index (χ2v) is 5.04. The van der Waals surface area contributed by atoms with Crippen LogP contribution in [0.3, 0.4) is 0 Å². The van der Waals surface area contributed by atoms with Crippen LogP contribution in [0.5, 0.6) is 0 Å². The van der Waals surface area contributed by atoms with Gasteiger partial charge in [0.15, 0.2) is 0 Å². The number of fused-ring (bicyclic) bond motifs is 1. The Morgan fingerprint density at radius 1 is 1.25 bits per heavy atom. The molecule has 0 fully saturated rings. The molecule has 1 aliphatic carbocycles. The third kappa shape index (κ3) is 1.51. The van der Waals surface area contributed by atoms with Crippen molar-refractivity contribution in [3.8, 4) is 0 Å². The highest BCUT2D eigenvalue weighted by molar-refractivity contribution is 5.87. The Labute approximate surface area is 97.2 Å². The van der Waals surface area contributed by atoms with Gasteiger partial charge in [-0.2, -0.15) is 0 Å².